The first-order valence-corrected chi connectivity index (χ1v) is 8.24. The van der Waals surface area contributed by atoms with Gasteiger partial charge in [-0.2, -0.15) is 5.10 Å². The molecular formula is C10H7BrCl2N2O2S. The molecule has 0 aliphatic carbocycles. The smallest absolute Gasteiger partial charge is 0.221 e. The molecule has 0 fully saturated rings. The normalized spacial score (nSPS) is 11.8. The summed E-state index contributed by atoms with van der Waals surface area (Å²) in [5, 5.41) is 4.06. The van der Waals surface area contributed by atoms with Crippen LogP contribution in [0.4, 0.5) is 0 Å². The predicted octanol–water partition coefficient (Wildman–Crippen LogP) is 3.52. The molecule has 1 aromatic carbocycles. The number of hydrogen-bond acceptors (Lipinski definition) is 3. The van der Waals surface area contributed by atoms with E-state index in [1.165, 1.54) is 11.6 Å². The number of benzene rings is 1. The third-order valence-corrected chi connectivity index (χ3v) is 4.70. The van der Waals surface area contributed by atoms with Crippen LogP contribution in [0.25, 0.3) is 5.69 Å². The molecule has 0 radical (unpaired) electrons. The van der Waals surface area contributed by atoms with Crippen LogP contribution >= 0.6 is 38.2 Å². The molecule has 8 heteroatoms. The van der Waals surface area contributed by atoms with E-state index in [4.69, 9.17) is 22.3 Å². The van der Waals surface area contributed by atoms with Crippen LogP contribution in [0.2, 0.25) is 5.15 Å². The number of aryl methyl sites for hydroxylation is 1. The van der Waals surface area contributed by atoms with Crippen LogP contribution < -0.4 is 0 Å². The summed E-state index contributed by atoms with van der Waals surface area (Å²) >= 11 is 9.32. The van der Waals surface area contributed by atoms with Crippen LogP contribution in [-0.2, 0) is 9.05 Å². The largest absolute Gasteiger partial charge is 0.266 e. The highest BCUT2D eigenvalue weighted by Crippen LogP contribution is 2.30. The molecule has 0 N–H and O–H groups in total. The van der Waals surface area contributed by atoms with E-state index in [1.54, 1.807) is 24.3 Å². The number of aromatic nitrogens is 2. The van der Waals surface area contributed by atoms with Crippen LogP contribution in [-0.4, -0.2) is 18.2 Å². The molecule has 2 rings (SSSR count). The first-order chi connectivity index (χ1) is 8.30. The molecule has 0 spiro atoms. The highest BCUT2D eigenvalue weighted by Gasteiger charge is 2.24. The molecule has 2 aromatic rings. The quantitative estimate of drug-likeness (QED) is 0.761. The number of halogens is 3. The highest BCUT2D eigenvalue weighted by molar-refractivity contribution is 9.10. The molecule has 18 heavy (non-hydrogen) atoms. The van der Waals surface area contributed by atoms with Crippen molar-refractivity contribution in [3.63, 3.8) is 0 Å². The Morgan fingerprint density at radius 3 is 2.28 bits per heavy atom. The van der Waals surface area contributed by atoms with Crippen molar-refractivity contribution >= 4 is 47.3 Å². The van der Waals surface area contributed by atoms with Crippen molar-refractivity contribution in [1.29, 1.82) is 0 Å². The predicted molar refractivity (Wildman–Crippen MR) is 74.0 cm³/mol. The molecule has 4 nitrogen and oxygen atoms in total. The van der Waals surface area contributed by atoms with Crippen LogP contribution in [0.3, 0.4) is 0 Å². The van der Waals surface area contributed by atoms with Gasteiger partial charge in [-0.05, 0) is 31.2 Å². The van der Waals surface area contributed by atoms with Crippen LogP contribution in [0.5, 0.6) is 0 Å². The zero-order valence-corrected chi connectivity index (χ0v) is 13.0. The maximum absolute atomic E-state index is 11.4. The Balaban J connectivity index is 2.65. The molecule has 1 aromatic heterocycles. The molecular weight excluding hydrogens is 363 g/mol. The summed E-state index contributed by atoms with van der Waals surface area (Å²) in [6, 6.07) is 7.12. The molecule has 0 aliphatic rings. The van der Waals surface area contributed by atoms with Crippen molar-refractivity contribution in [3.8, 4) is 5.69 Å². The standard InChI is InChI=1S/C10H7BrCl2N2O2S/c1-6-9(18(13,16)17)10(12)15(14-6)8-4-2-7(11)3-5-8/h2-5H,1H3. The van der Waals surface area contributed by atoms with E-state index in [9.17, 15) is 8.42 Å². The molecule has 0 aliphatic heterocycles. The van der Waals surface area contributed by atoms with Gasteiger partial charge in [-0.15, -0.1) is 0 Å². The van der Waals surface area contributed by atoms with Crippen molar-refractivity contribution in [3.05, 3.63) is 39.6 Å². The maximum atomic E-state index is 11.4. The summed E-state index contributed by atoms with van der Waals surface area (Å²) < 4.78 is 25.0. The first-order valence-electron chi connectivity index (χ1n) is 4.76. The van der Waals surface area contributed by atoms with E-state index in [-0.39, 0.29) is 15.7 Å². The van der Waals surface area contributed by atoms with Crippen LogP contribution in [0.15, 0.2) is 33.6 Å². The fourth-order valence-electron chi connectivity index (χ4n) is 1.52. The fourth-order valence-corrected chi connectivity index (χ4v) is 3.71. The SMILES string of the molecule is Cc1nn(-c2ccc(Br)cc2)c(Cl)c1S(=O)(=O)Cl. The van der Waals surface area contributed by atoms with Gasteiger partial charge in [0.2, 0.25) is 0 Å². The van der Waals surface area contributed by atoms with E-state index in [0.717, 1.165) is 4.47 Å². The Morgan fingerprint density at radius 1 is 1.28 bits per heavy atom. The molecule has 0 bridgehead atoms. The molecule has 1 heterocycles. The molecule has 0 saturated heterocycles. The van der Waals surface area contributed by atoms with Gasteiger partial charge >= 0.3 is 0 Å². The van der Waals surface area contributed by atoms with Gasteiger partial charge in [0.05, 0.1) is 11.4 Å². The van der Waals surface area contributed by atoms with Crippen molar-refractivity contribution < 1.29 is 8.42 Å². The first kappa shape index (κ1) is 13.9. The second-order valence-corrected chi connectivity index (χ2v) is 7.31. The average molecular weight is 370 g/mol. The van der Waals surface area contributed by atoms with Gasteiger partial charge in [-0.1, -0.05) is 27.5 Å². The summed E-state index contributed by atoms with van der Waals surface area (Å²) in [5.74, 6) is 0. The van der Waals surface area contributed by atoms with E-state index in [2.05, 4.69) is 21.0 Å². The molecule has 0 atom stereocenters. The van der Waals surface area contributed by atoms with Crippen LogP contribution in [0.1, 0.15) is 5.69 Å². The number of rotatable bonds is 2. The van der Waals surface area contributed by atoms with Gasteiger partial charge in [-0.25, -0.2) is 13.1 Å². The third-order valence-electron chi connectivity index (χ3n) is 2.27. The van der Waals surface area contributed by atoms with E-state index < -0.39 is 9.05 Å². The number of nitrogens with zero attached hydrogens (tertiary/aromatic N) is 2. The lowest BCUT2D eigenvalue weighted by Gasteiger charge is -2.02. The second kappa shape index (κ2) is 4.85. The summed E-state index contributed by atoms with van der Waals surface area (Å²) in [7, 11) is 1.41. The Morgan fingerprint density at radius 2 is 1.83 bits per heavy atom. The van der Waals surface area contributed by atoms with Gasteiger partial charge in [0.25, 0.3) is 9.05 Å². The van der Waals surface area contributed by atoms with Crippen molar-refractivity contribution in [1.82, 2.24) is 9.78 Å². The molecule has 0 unspecified atom stereocenters. The lowest BCUT2D eigenvalue weighted by molar-refractivity contribution is 0.609. The summed E-state index contributed by atoms with van der Waals surface area (Å²) in [5.41, 5.74) is 0.913. The van der Waals surface area contributed by atoms with Gasteiger partial charge in [0.1, 0.15) is 4.90 Å². The topological polar surface area (TPSA) is 52.0 Å². The van der Waals surface area contributed by atoms with E-state index >= 15 is 0 Å². The van der Waals surface area contributed by atoms with E-state index in [1.807, 2.05) is 0 Å². The van der Waals surface area contributed by atoms with Gasteiger partial charge in [0.15, 0.2) is 5.15 Å². The summed E-state index contributed by atoms with van der Waals surface area (Å²) in [6.45, 7) is 1.54. The summed E-state index contributed by atoms with van der Waals surface area (Å²) in [4.78, 5) is -0.159. The minimum absolute atomic E-state index is 0.0233. The Hall–Kier alpha value is -0.560. The molecule has 0 amide bonds. The lowest BCUT2D eigenvalue weighted by Crippen LogP contribution is -1.97. The van der Waals surface area contributed by atoms with Crippen molar-refractivity contribution in [2.45, 2.75) is 11.8 Å². The highest BCUT2D eigenvalue weighted by atomic mass is 79.9. The lowest BCUT2D eigenvalue weighted by atomic mass is 10.3. The number of hydrogen-bond donors (Lipinski definition) is 0. The molecule has 96 valence electrons. The van der Waals surface area contributed by atoms with Gasteiger partial charge < -0.3 is 0 Å². The van der Waals surface area contributed by atoms with Crippen LogP contribution in [0, 0.1) is 6.92 Å². The van der Waals surface area contributed by atoms with E-state index in [0.29, 0.717) is 5.69 Å². The second-order valence-electron chi connectivity index (χ2n) is 3.53. The Bertz CT molecular complexity index is 695. The minimum Gasteiger partial charge on any atom is -0.221 e. The minimum atomic E-state index is -3.91. The van der Waals surface area contributed by atoms with Gasteiger partial charge in [-0.3, -0.25) is 0 Å². The van der Waals surface area contributed by atoms with Crippen molar-refractivity contribution in [2.24, 2.45) is 0 Å². The van der Waals surface area contributed by atoms with Gasteiger partial charge in [0, 0.05) is 15.2 Å². The summed E-state index contributed by atoms with van der Waals surface area (Å²) in [6.07, 6.45) is 0. The molecule has 0 saturated carbocycles. The zero-order chi connectivity index (χ0) is 13.5. The Labute approximate surface area is 122 Å². The third kappa shape index (κ3) is 2.56. The zero-order valence-electron chi connectivity index (χ0n) is 9.06. The monoisotopic (exact) mass is 368 g/mol. The Kier molecular flexibility index (Phi) is 3.73. The van der Waals surface area contributed by atoms with Crippen molar-refractivity contribution in [2.75, 3.05) is 0 Å². The maximum Gasteiger partial charge on any atom is 0.266 e. The average Bonchev–Trinajstić information content (AvgIpc) is 2.54. The fraction of sp³-hybridized carbons (Fsp3) is 0.100.